The van der Waals surface area contributed by atoms with E-state index in [0.29, 0.717) is 0 Å². The molecule has 0 saturated carbocycles. The average molecular weight is 149 g/mol. The van der Waals surface area contributed by atoms with Crippen molar-refractivity contribution in [1.82, 2.24) is 4.90 Å². The van der Waals surface area contributed by atoms with Crippen LogP contribution in [0.25, 0.3) is 0 Å². The van der Waals surface area contributed by atoms with E-state index in [-0.39, 0.29) is 18.9 Å². The summed E-state index contributed by atoms with van der Waals surface area (Å²) in [6.45, 7) is 4.34. The molecule has 0 bridgehead atoms. The molecule has 0 aromatic carbocycles. The maximum Gasteiger partial charge on any atom is 1.00 e. The summed E-state index contributed by atoms with van der Waals surface area (Å²) in [4.78, 5) is 2.26. The standard InChI is InChI=1S/C7H13NS.Li/c1-2-7(9)8-5-3-4-6-8;/h2,9H,3-6H2,1H3;/q;+1/p-1/b7-2+;. The summed E-state index contributed by atoms with van der Waals surface area (Å²) >= 11 is 5.09. The van der Waals surface area contributed by atoms with Crippen LogP contribution in [0, 0.1) is 0 Å². The molecule has 3 heteroatoms. The van der Waals surface area contributed by atoms with Gasteiger partial charge in [0.25, 0.3) is 0 Å². The van der Waals surface area contributed by atoms with Crippen molar-refractivity contribution in [3.63, 3.8) is 0 Å². The molecule has 1 aliphatic heterocycles. The van der Waals surface area contributed by atoms with Crippen molar-refractivity contribution < 1.29 is 18.9 Å². The van der Waals surface area contributed by atoms with E-state index in [1.165, 1.54) is 25.9 Å². The third-order valence-electron chi connectivity index (χ3n) is 1.66. The van der Waals surface area contributed by atoms with Crippen molar-refractivity contribution in [1.29, 1.82) is 0 Å². The van der Waals surface area contributed by atoms with E-state index in [0.717, 1.165) is 5.03 Å². The van der Waals surface area contributed by atoms with Gasteiger partial charge in [-0.3, -0.25) is 0 Å². The maximum atomic E-state index is 5.09. The average Bonchev–Trinajstić information content (AvgIpc) is 2.37. The van der Waals surface area contributed by atoms with E-state index in [2.05, 4.69) is 4.90 Å². The summed E-state index contributed by atoms with van der Waals surface area (Å²) in [6, 6.07) is 0. The molecule has 0 amide bonds. The van der Waals surface area contributed by atoms with Crippen molar-refractivity contribution in [2.75, 3.05) is 13.1 Å². The number of rotatable bonds is 1. The molecule has 0 aliphatic carbocycles. The molecule has 0 atom stereocenters. The Kier molecular flexibility index (Phi) is 5.25. The number of allylic oxidation sites excluding steroid dienone is 1. The zero-order chi connectivity index (χ0) is 6.69. The molecule has 1 heterocycles. The molecule has 0 aromatic rings. The number of hydrogen-bond acceptors (Lipinski definition) is 2. The van der Waals surface area contributed by atoms with Crippen LogP contribution in [0.3, 0.4) is 0 Å². The first-order valence-corrected chi connectivity index (χ1v) is 3.83. The van der Waals surface area contributed by atoms with Crippen LogP contribution in [0.4, 0.5) is 0 Å². The predicted molar refractivity (Wildman–Crippen MR) is 41.9 cm³/mol. The summed E-state index contributed by atoms with van der Waals surface area (Å²) in [5.74, 6) is 0. The van der Waals surface area contributed by atoms with Gasteiger partial charge in [-0.05, 0) is 19.8 Å². The number of likely N-dealkylation sites (tertiary alicyclic amines) is 1. The van der Waals surface area contributed by atoms with Crippen molar-refractivity contribution in [2.45, 2.75) is 19.8 Å². The van der Waals surface area contributed by atoms with Gasteiger partial charge < -0.3 is 17.5 Å². The van der Waals surface area contributed by atoms with Crippen LogP contribution >= 0.6 is 0 Å². The van der Waals surface area contributed by atoms with Crippen LogP contribution in [0.1, 0.15) is 19.8 Å². The molecule has 0 radical (unpaired) electrons. The minimum absolute atomic E-state index is 0. The van der Waals surface area contributed by atoms with Crippen molar-refractivity contribution in [2.24, 2.45) is 0 Å². The Morgan fingerprint density at radius 2 is 1.90 bits per heavy atom. The first kappa shape index (κ1) is 10.4. The fourth-order valence-corrected chi connectivity index (χ4v) is 1.30. The Morgan fingerprint density at radius 1 is 1.40 bits per heavy atom. The second kappa shape index (κ2) is 5.07. The summed E-state index contributed by atoms with van der Waals surface area (Å²) in [7, 11) is 0. The second-order valence-electron chi connectivity index (χ2n) is 2.32. The van der Waals surface area contributed by atoms with Crippen LogP contribution in [0.2, 0.25) is 0 Å². The quantitative estimate of drug-likeness (QED) is 0.329. The first-order valence-electron chi connectivity index (χ1n) is 3.43. The molecule has 1 aliphatic rings. The Labute approximate surface area is 80.4 Å². The third-order valence-corrected chi connectivity index (χ3v) is 2.16. The van der Waals surface area contributed by atoms with Gasteiger partial charge in [0, 0.05) is 13.1 Å². The van der Waals surface area contributed by atoms with Crippen LogP contribution < -0.4 is 18.9 Å². The van der Waals surface area contributed by atoms with Crippen LogP contribution in [-0.2, 0) is 12.6 Å². The van der Waals surface area contributed by atoms with Gasteiger partial charge in [0.05, 0.1) is 0 Å². The summed E-state index contributed by atoms with van der Waals surface area (Å²) in [5.41, 5.74) is 0. The zero-order valence-corrected chi connectivity index (χ0v) is 7.58. The van der Waals surface area contributed by atoms with Gasteiger partial charge in [-0.15, -0.1) is 5.03 Å². The molecule has 1 saturated heterocycles. The molecule has 0 unspecified atom stereocenters. The number of nitrogens with zero attached hydrogens (tertiary/aromatic N) is 1. The van der Waals surface area contributed by atoms with Crippen molar-refractivity contribution >= 4 is 12.6 Å². The van der Waals surface area contributed by atoms with Gasteiger partial charge in [0.15, 0.2) is 0 Å². The SMILES string of the molecule is C/C=C(/[S-])N1CCCC1.[Li+]. The second-order valence-corrected chi connectivity index (χ2v) is 2.74. The molecule has 0 N–H and O–H groups in total. The van der Waals surface area contributed by atoms with E-state index in [4.69, 9.17) is 12.6 Å². The molecule has 52 valence electrons. The normalized spacial score (nSPS) is 18.9. The predicted octanol–water partition coefficient (Wildman–Crippen LogP) is -1.51. The molecule has 1 fully saturated rings. The van der Waals surface area contributed by atoms with Gasteiger partial charge in [0.1, 0.15) is 0 Å². The molecule has 10 heavy (non-hydrogen) atoms. The van der Waals surface area contributed by atoms with Crippen LogP contribution in [0.5, 0.6) is 0 Å². The topological polar surface area (TPSA) is 3.24 Å². The van der Waals surface area contributed by atoms with Crippen LogP contribution in [0.15, 0.2) is 11.1 Å². The monoisotopic (exact) mass is 149 g/mol. The van der Waals surface area contributed by atoms with Gasteiger partial charge in [-0.25, -0.2) is 0 Å². The Hall–Kier alpha value is 0.357. The minimum atomic E-state index is 0. The fourth-order valence-electron chi connectivity index (χ4n) is 1.12. The molecular formula is C7H12LiNS. The Balaban J connectivity index is 0.000000810. The molecule has 1 nitrogen and oxygen atoms in total. The van der Waals surface area contributed by atoms with E-state index in [1.54, 1.807) is 0 Å². The largest absolute Gasteiger partial charge is 1.00 e. The molecule has 0 aromatic heterocycles. The Morgan fingerprint density at radius 3 is 2.30 bits per heavy atom. The minimum Gasteiger partial charge on any atom is -0.763 e. The van der Waals surface area contributed by atoms with E-state index in [9.17, 15) is 0 Å². The van der Waals surface area contributed by atoms with Gasteiger partial charge in [0.2, 0.25) is 0 Å². The molecule has 0 spiro atoms. The van der Waals surface area contributed by atoms with Crippen molar-refractivity contribution in [3.8, 4) is 0 Å². The fraction of sp³-hybridized carbons (Fsp3) is 0.714. The molecule has 1 rings (SSSR count). The zero-order valence-electron chi connectivity index (χ0n) is 6.76. The van der Waals surface area contributed by atoms with Gasteiger partial charge in [-0.1, -0.05) is 6.08 Å². The van der Waals surface area contributed by atoms with Crippen LogP contribution in [-0.4, -0.2) is 18.0 Å². The van der Waals surface area contributed by atoms with E-state index >= 15 is 0 Å². The summed E-state index contributed by atoms with van der Waals surface area (Å²) < 4.78 is 0. The van der Waals surface area contributed by atoms with E-state index < -0.39 is 0 Å². The Bertz CT molecular complexity index is 119. The summed E-state index contributed by atoms with van der Waals surface area (Å²) in [6.07, 6.45) is 4.63. The first-order chi connectivity index (χ1) is 4.34. The molecular weight excluding hydrogens is 137 g/mol. The van der Waals surface area contributed by atoms with Gasteiger partial charge in [-0.2, -0.15) is 0 Å². The number of hydrogen-bond donors (Lipinski definition) is 0. The smallest absolute Gasteiger partial charge is 0.763 e. The maximum absolute atomic E-state index is 5.09. The summed E-state index contributed by atoms with van der Waals surface area (Å²) in [5, 5.41) is 1.02. The van der Waals surface area contributed by atoms with E-state index in [1.807, 2.05) is 13.0 Å². The van der Waals surface area contributed by atoms with Gasteiger partial charge >= 0.3 is 18.9 Å². The third kappa shape index (κ3) is 2.54. The van der Waals surface area contributed by atoms with Crippen molar-refractivity contribution in [3.05, 3.63) is 11.1 Å².